The van der Waals surface area contributed by atoms with E-state index < -0.39 is 18.1 Å². The average Bonchev–Trinajstić information content (AvgIpc) is 3.43. The van der Waals surface area contributed by atoms with Gasteiger partial charge in [0, 0.05) is 13.0 Å². The fourth-order valence-corrected chi connectivity index (χ4v) is 3.92. The van der Waals surface area contributed by atoms with Crippen LogP contribution < -0.4 is 10.6 Å². The van der Waals surface area contributed by atoms with Crippen molar-refractivity contribution in [1.29, 1.82) is 0 Å². The molecule has 2 amide bonds. The van der Waals surface area contributed by atoms with E-state index in [4.69, 9.17) is 9.47 Å². The number of rotatable bonds is 20. The summed E-state index contributed by atoms with van der Waals surface area (Å²) >= 11 is 0. The normalized spacial score (nSPS) is 11.7. The zero-order valence-corrected chi connectivity index (χ0v) is 23.6. The van der Waals surface area contributed by atoms with E-state index in [0.717, 1.165) is 44.9 Å². The summed E-state index contributed by atoms with van der Waals surface area (Å²) in [6.45, 7) is 4.72. The van der Waals surface area contributed by atoms with Crippen molar-refractivity contribution < 1.29 is 23.9 Å². The highest BCUT2D eigenvalue weighted by Gasteiger charge is 2.22. The maximum absolute atomic E-state index is 12.8. The Morgan fingerprint density at radius 3 is 2.21 bits per heavy atom. The third kappa shape index (κ3) is 12.4. The highest BCUT2D eigenvalue weighted by molar-refractivity contribution is 5.89. The van der Waals surface area contributed by atoms with Gasteiger partial charge in [-0.2, -0.15) is 0 Å². The van der Waals surface area contributed by atoms with Crippen LogP contribution in [0.15, 0.2) is 24.3 Å². The second-order valence-corrected chi connectivity index (χ2v) is 9.52. The number of aromatic nitrogens is 4. The fraction of sp³-hybridized carbons (Fsp3) is 0.643. The molecule has 0 aliphatic carbocycles. The molecular weight excluding hydrogens is 500 g/mol. The highest BCUT2D eigenvalue weighted by Crippen LogP contribution is 2.10. The molecule has 1 heterocycles. The summed E-state index contributed by atoms with van der Waals surface area (Å²) in [7, 11) is 1.32. The maximum atomic E-state index is 12.8. The minimum atomic E-state index is -1.15. The van der Waals surface area contributed by atoms with E-state index in [-0.39, 0.29) is 18.3 Å². The van der Waals surface area contributed by atoms with Gasteiger partial charge in [0.2, 0.25) is 18.0 Å². The lowest BCUT2D eigenvalue weighted by Gasteiger charge is -2.18. The highest BCUT2D eigenvalue weighted by atomic mass is 16.5. The topological polar surface area (TPSA) is 137 Å². The van der Waals surface area contributed by atoms with Crippen LogP contribution in [0, 0.1) is 0 Å². The quantitative estimate of drug-likeness (QED) is 0.143. The number of nitrogens with zero attached hydrogens (tertiary/aromatic N) is 4. The standard InChI is InChI=1S/C28H44N6O5/c1-4-6-8-10-11-12-13-15-25(35)30-27(26(36)29-20-14-9-7-5-2)39-21-24-31-33-34(32-24)23-18-16-22(17-19-23)28(37)38-3/h16-19,27H,4-15,20-21H2,1-3H3,(H,29,36)(H,30,35). The van der Waals surface area contributed by atoms with Crippen LogP contribution in [0.25, 0.3) is 5.69 Å². The number of ether oxygens (including phenoxy) is 2. The van der Waals surface area contributed by atoms with Gasteiger partial charge in [-0.1, -0.05) is 71.6 Å². The number of methoxy groups -OCH3 is 1. The molecule has 0 aliphatic rings. The van der Waals surface area contributed by atoms with E-state index in [1.54, 1.807) is 24.3 Å². The number of carbonyl (C=O) groups excluding carboxylic acids is 3. The monoisotopic (exact) mass is 544 g/mol. The Hall–Kier alpha value is -3.34. The molecule has 1 atom stereocenters. The molecule has 11 nitrogen and oxygen atoms in total. The van der Waals surface area contributed by atoms with Crippen molar-refractivity contribution in [1.82, 2.24) is 30.8 Å². The minimum absolute atomic E-state index is 0.119. The third-order valence-electron chi connectivity index (χ3n) is 6.22. The number of amides is 2. The van der Waals surface area contributed by atoms with E-state index in [9.17, 15) is 14.4 Å². The molecule has 1 aromatic carbocycles. The molecular formula is C28H44N6O5. The van der Waals surface area contributed by atoms with Crippen LogP contribution >= 0.6 is 0 Å². The number of carbonyl (C=O) groups is 3. The minimum Gasteiger partial charge on any atom is -0.465 e. The third-order valence-corrected chi connectivity index (χ3v) is 6.22. The first-order valence-electron chi connectivity index (χ1n) is 14.1. The van der Waals surface area contributed by atoms with Gasteiger partial charge in [-0.15, -0.1) is 15.0 Å². The summed E-state index contributed by atoms with van der Waals surface area (Å²) in [5, 5.41) is 17.8. The van der Waals surface area contributed by atoms with Gasteiger partial charge in [0.1, 0.15) is 6.61 Å². The van der Waals surface area contributed by atoms with Crippen LogP contribution in [0.1, 0.15) is 107 Å². The number of hydrogen-bond donors (Lipinski definition) is 2. The van der Waals surface area contributed by atoms with Crippen molar-refractivity contribution in [2.45, 2.75) is 104 Å². The molecule has 216 valence electrons. The van der Waals surface area contributed by atoms with Crippen LogP contribution in [-0.2, 0) is 25.7 Å². The van der Waals surface area contributed by atoms with E-state index in [1.807, 2.05) is 0 Å². The second-order valence-electron chi connectivity index (χ2n) is 9.52. The zero-order chi connectivity index (χ0) is 28.3. The molecule has 2 rings (SSSR count). The molecule has 11 heteroatoms. The number of tetrazole rings is 1. The lowest BCUT2D eigenvalue weighted by Crippen LogP contribution is -2.48. The molecule has 1 aromatic heterocycles. The number of benzene rings is 1. The molecule has 39 heavy (non-hydrogen) atoms. The Balaban J connectivity index is 1.91. The fourth-order valence-electron chi connectivity index (χ4n) is 3.92. The Morgan fingerprint density at radius 2 is 1.54 bits per heavy atom. The molecule has 0 fully saturated rings. The summed E-state index contributed by atoms with van der Waals surface area (Å²) in [4.78, 5) is 38.3. The van der Waals surface area contributed by atoms with Crippen LogP contribution in [0.2, 0.25) is 0 Å². The molecule has 1 unspecified atom stereocenters. The van der Waals surface area contributed by atoms with Crippen molar-refractivity contribution in [3.05, 3.63) is 35.7 Å². The van der Waals surface area contributed by atoms with Gasteiger partial charge in [0.15, 0.2) is 0 Å². The van der Waals surface area contributed by atoms with Gasteiger partial charge >= 0.3 is 5.97 Å². The average molecular weight is 545 g/mol. The Morgan fingerprint density at radius 1 is 0.897 bits per heavy atom. The van der Waals surface area contributed by atoms with E-state index in [1.165, 1.54) is 37.6 Å². The molecule has 0 spiro atoms. The van der Waals surface area contributed by atoms with E-state index in [2.05, 4.69) is 39.9 Å². The summed E-state index contributed by atoms with van der Waals surface area (Å²) < 4.78 is 10.4. The van der Waals surface area contributed by atoms with Gasteiger partial charge in [0.05, 0.1) is 18.4 Å². The van der Waals surface area contributed by atoms with Crippen molar-refractivity contribution in [3.8, 4) is 5.69 Å². The number of unbranched alkanes of at least 4 members (excludes halogenated alkanes) is 9. The molecule has 2 N–H and O–H groups in total. The summed E-state index contributed by atoms with van der Waals surface area (Å²) in [6.07, 6.45) is 11.0. The van der Waals surface area contributed by atoms with Crippen molar-refractivity contribution >= 4 is 17.8 Å². The van der Waals surface area contributed by atoms with Crippen LogP contribution in [0.4, 0.5) is 0 Å². The zero-order valence-electron chi connectivity index (χ0n) is 23.6. The molecule has 0 saturated carbocycles. The van der Waals surface area contributed by atoms with Crippen LogP contribution in [0.5, 0.6) is 0 Å². The molecule has 0 radical (unpaired) electrons. The Labute approximate surface area is 231 Å². The van der Waals surface area contributed by atoms with Crippen molar-refractivity contribution in [2.75, 3.05) is 13.7 Å². The smallest absolute Gasteiger partial charge is 0.337 e. The summed E-state index contributed by atoms with van der Waals surface area (Å²) in [6, 6.07) is 6.53. The summed E-state index contributed by atoms with van der Waals surface area (Å²) in [5.74, 6) is -0.817. The first kappa shape index (κ1) is 31.9. The van der Waals surface area contributed by atoms with Crippen molar-refractivity contribution in [2.24, 2.45) is 0 Å². The maximum Gasteiger partial charge on any atom is 0.337 e. The lowest BCUT2D eigenvalue weighted by atomic mass is 10.1. The van der Waals surface area contributed by atoms with Gasteiger partial charge in [-0.25, -0.2) is 4.79 Å². The van der Waals surface area contributed by atoms with Gasteiger partial charge in [-0.3, -0.25) is 9.59 Å². The number of esters is 1. The second kappa shape index (κ2) is 18.8. The first-order chi connectivity index (χ1) is 19.0. The van der Waals surface area contributed by atoms with Crippen molar-refractivity contribution in [3.63, 3.8) is 0 Å². The van der Waals surface area contributed by atoms with Crippen LogP contribution in [-0.4, -0.2) is 57.9 Å². The van der Waals surface area contributed by atoms with Gasteiger partial charge in [0.25, 0.3) is 5.91 Å². The Kier molecular flexibility index (Phi) is 15.4. The van der Waals surface area contributed by atoms with E-state index >= 15 is 0 Å². The van der Waals surface area contributed by atoms with Gasteiger partial charge in [-0.05, 0) is 42.3 Å². The number of nitrogens with one attached hydrogen (secondary N) is 2. The van der Waals surface area contributed by atoms with E-state index in [0.29, 0.717) is 24.2 Å². The molecule has 2 aromatic rings. The predicted molar refractivity (Wildman–Crippen MR) is 147 cm³/mol. The predicted octanol–water partition coefficient (Wildman–Crippen LogP) is 4.25. The molecule has 0 aliphatic heterocycles. The number of hydrogen-bond acceptors (Lipinski definition) is 8. The Bertz CT molecular complexity index is 995. The first-order valence-corrected chi connectivity index (χ1v) is 14.1. The largest absolute Gasteiger partial charge is 0.465 e. The SMILES string of the molecule is CCCCCCCCCC(=O)NC(OCc1nnn(-c2ccc(C(=O)OC)cc2)n1)C(=O)NCCCCCC. The lowest BCUT2D eigenvalue weighted by molar-refractivity contribution is -0.142. The molecule has 0 saturated heterocycles. The molecule has 0 bridgehead atoms. The van der Waals surface area contributed by atoms with Crippen LogP contribution in [0.3, 0.4) is 0 Å². The summed E-state index contributed by atoms with van der Waals surface area (Å²) in [5.41, 5.74) is 0.992. The van der Waals surface area contributed by atoms with Gasteiger partial charge < -0.3 is 20.1 Å².